The van der Waals surface area contributed by atoms with Gasteiger partial charge in [-0.25, -0.2) is 9.37 Å². The molecule has 5 nitrogen and oxygen atoms in total. The second kappa shape index (κ2) is 7.33. The molecule has 0 spiro atoms. The standard InChI is InChI=1S/C20H15ClFN3O2S/c1-11-17(19(24-27-11)18-12(21)6-5-7-13(18)22)20(26)25(2)10-16-23-14-8-3-4-9-15(14)28-16/h3-9H,10H2,1-2H3. The number of carbonyl (C=O) groups excluding carboxylic acids is 1. The minimum absolute atomic E-state index is 0.0535. The van der Waals surface area contributed by atoms with Gasteiger partial charge in [0.05, 0.1) is 27.3 Å². The molecule has 0 aliphatic heterocycles. The maximum Gasteiger partial charge on any atom is 0.259 e. The molecule has 4 aromatic rings. The molecule has 28 heavy (non-hydrogen) atoms. The summed E-state index contributed by atoms with van der Waals surface area (Å²) in [7, 11) is 1.66. The van der Waals surface area contributed by atoms with Crippen LogP contribution in [0.15, 0.2) is 47.0 Å². The minimum Gasteiger partial charge on any atom is -0.360 e. The Hall–Kier alpha value is -2.77. The van der Waals surface area contributed by atoms with Crippen LogP contribution in [0, 0.1) is 12.7 Å². The number of carbonyl (C=O) groups is 1. The van der Waals surface area contributed by atoms with Gasteiger partial charge in [0.15, 0.2) is 0 Å². The number of thiazole rings is 1. The predicted octanol–water partition coefficient (Wildman–Crippen LogP) is 5.32. The summed E-state index contributed by atoms with van der Waals surface area (Å²) >= 11 is 7.67. The Morgan fingerprint density at radius 1 is 1.25 bits per heavy atom. The largest absolute Gasteiger partial charge is 0.360 e. The number of fused-ring (bicyclic) bond motifs is 1. The Balaban J connectivity index is 1.67. The van der Waals surface area contributed by atoms with Crippen LogP contribution in [0.4, 0.5) is 4.39 Å². The smallest absolute Gasteiger partial charge is 0.259 e. The number of rotatable bonds is 4. The third-order valence-electron chi connectivity index (χ3n) is 4.33. The number of aromatic nitrogens is 2. The summed E-state index contributed by atoms with van der Waals surface area (Å²) in [5.74, 6) is -0.605. The fourth-order valence-electron chi connectivity index (χ4n) is 2.97. The molecule has 2 aromatic carbocycles. The number of nitrogens with zero attached hydrogens (tertiary/aromatic N) is 3. The van der Waals surface area contributed by atoms with E-state index < -0.39 is 5.82 Å². The van der Waals surface area contributed by atoms with E-state index in [9.17, 15) is 9.18 Å². The molecule has 0 aliphatic rings. The zero-order chi connectivity index (χ0) is 19.8. The van der Waals surface area contributed by atoms with E-state index in [1.54, 1.807) is 20.0 Å². The Morgan fingerprint density at radius 2 is 2.04 bits per heavy atom. The first kappa shape index (κ1) is 18.6. The summed E-state index contributed by atoms with van der Waals surface area (Å²) in [5.41, 5.74) is 1.23. The van der Waals surface area contributed by atoms with Crippen molar-refractivity contribution < 1.29 is 13.7 Å². The number of benzene rings is 2. The highest BCUT2D eigenvalue weighted by Crippen LogP contribution is 2.34. The first-order valence-electron chi connectivity index (χ1n) is 8.46. The molecule has 2 heterocycles. The zero-order valence-electron chi connectivity index (χ0n) is 15.1. The van der Waals surface area contributed by atoms with E-state index in [2.05, 4.69) is 10.1 Å². The molecule has 142 valence electrons. The first-order valence-corrected chi connectivity index (χ1v) is 9.65. The van der Waals surface area contributed by atoms with Gasteiger partial charge in [0.1, 0.15) is 27.8 Å². The fraction of sp³-hybridized carbons (Fsp3) is 0.150. The number of halogens is 2. The average molecular weight is 416 g/mol. The molecule has 0 saturated heterocycles. The lowest BCUT2D eigenvalue weighted by atomic mass is 10.0. The SMILES string of the molecule is Cc1onc(-c2c(F)cccc2Cl)c1C(=O)N(C)Cc1nc2ccccc2s1. The van der Waals surface area contributed by atoms with Gasteiger partial charge in [0, 0.05) is 7.05 Å². The van der Waals surface area contributed by atoms with Crippen LogP contribution < -0.4 is 0 Å². The van der Waals surface area contributed by atoms with Crippen molar-refractivity contribution >= 4 is 39.1 Å². The number of hydrogen-bond acceptors (Lipinski definition) is 5. The Bertz CT molecular complexity index is 1130. The molecule has 0 aliphatic carbocycles. The van der Waals surface area contributed by atoms with Crippen molar-refractivity contribution in [2.45, 2.75) is 13.5 Å². The Morgan fingerprint density at radius 3 is 2.79 bits per heavy atom. The van der Waals surface area contributed by atoms with E-state index in [0.717, 1.165) is 15.2 Å². The van der Waals surface area contributed by atoms with Crippen molar-refractivity contribution in [2.75, 3.05) is 7.05 Å². The normalized spacial score (nSPS) is 11.1. The summed E-state index contributed by atoms with van der Waals surface area (Å²) in [5, 5.41) is 4.86. The van der Waals surface area contributed by atoms with Crippen LogP contribution in [0.5, 0.6) is 0 Å². The average Bonchev–Trinajstić information content (AvgIpc) is 3.24. The Labute approximate surface area is 169 Å². The molecule has 8 heteroatoms. The molecule has 0 unspecified atom stereocenters. The van der Waals surface area contributed by atoms with Gasteiger partial charge in [0.2, 0.25) is 0 Å². The molecule has 0 bridgehead atoms. The van der Waals surface area contributed by atoms with Crippen molar-refractivity contribution in [3.05, 3.63) is 69.6 Å². The molecule has 0 fully saturated rings. The van der Waals surface area contributed by atoms with Crippen LogP contribution in [-0.4, -0.2) is 28.0 Å². The highest BCUT2D eigenvalue weighted by Gasteiger charge is 2.27. The second-order valence-corrected chi connectivity index (χ2v) is 7.82. The number of hydrogen-bond donors (Lipinski definition) is 0. The van der Waals surface area contributed by atoms with Crippen LogP contribution in [-0.2, 0) is 6.54 Å². The molecule has 4 rings (SSSR count). The summed E-state index contributed by atoms with van der Waals surface area (Å²) in [6.07, 6.45) is 0. The first-order chi connectivity index (χ1) is 13.5. The predicted molar refractivity (Wildman–Crippen MR) is 107 cm³/mol. The fourth-order valence-corrected chi connectivity index (χ4v) is 4.25. The minimum atomic E-state index is -0.566. The van der Waals surface area contributed by atoms with Gasteiger partial charge in [0.25, 0.3) is 5.91 Å². The van der Waals surface area contributed by atoms with Crippen molar-refractivity contribution in [1.82, 2.24) is 15.0 Å². The van der Waals surface area contributed by atoms with E-state index in [1.807, 2.05) is 24.3 Å². The number of amides is 1. The van der Waals surface area contributed by atoms with E-state index >= 15 is 0 Å². The highest BCUT2D eigenvalue weighted by atomic mass is 35.5. The number of para-hydroxylation sites is 1. The van der Waals surface area contributed by atoms with E-state index in [-0.39, 0.29) is 27.8 Å². The van der Waals surface area contributed by atoms with Gasteiger partial charge in [-0.05, 0) is 31.2 Å². The van der Waals surface area contributed by atoms with Crippen LogP contribution in [0.3, 0.4) is 0 Å². The molecular formula is C20H15ClFN3O2S. The highest BCUT2D eigenvalue weighted by molar-refractivity contribution is 7.18. The van der Waals surface area contributed by atoms with Gasteiger partial charge in [-0.15, -0.1) is 11.3 Å². The van der Waals surface area contributed by atoms with Crippen LogP contribution in [0.1, 0.15) is 21.1 Å². The molecule has 0 N–H and O–H groups in total. The monoisotopic (exact) mass is 415 g/mol. The summed E-state index contributed by atoms with van der Waals surface area (Å²) < 4.78 is 20.6. The van der Waals surface area contributed by atoms with Crippen LogP contribution >= 0.6 is 22.9 Å². The summed E-state index contributed by atoms with van der Waals surface area (Å²) in [6.45, 7) is 1.93. The third-order valence-corrected chi connectivity index (χ3v) is 5.67. The van der Waals surface area contributed by atoms with Gasteiger partial charge in [-0.3, -0.25) is 4.79 Å². The van der Waals surface area contributed by atoms with E-state index in [0.29, 0.717) is 12.3 Å². The van der Waals surface area contributed by atoms with Crippen LogP contribution in [0.2, 0.25) is 5.02 Å². The lowest BCUT2D eigenvalue weighted by Crippen LogP contribution is -2.27. The molecular weight excluding hydrogens is 401 g/mol. The second-order valence-electron chi connectivity index (χ2n) is 6.30. The number of aryl methyl sites for hydroxylation is 1. The van der Waals surface area contributed by atoms with Gasteiger partial charge in [-0.2, -0.15) is 0 Å². The quantitative estimate of drug-likeness (QED) is 0.452. The van der Waals surface area contributed by atoms with E-state index in [4.69, 9.17) is 16.1 Å². The zero-order valence-corrected chi connectivity index (χ0v) is 16.6. The summed E-state index contributed by atoms with van der Waals surface area (Å²) in [6, 6.07) is 12.1. The van der Waals surface area contributed by atoms with Crippen molar-refractivity contribution in [1.29, 1.82) is 0 Å². The summed E-state index contributed by atoms with van der Waals surface area (Å²) in [4.78, 5) is 19.2. The Kier molecular flexibility index (Phi) is 4.87. The van der Waals surface area contributed by atoms with Gasteiger partial charge < -0.3 is 9.42 Å². The molecule has 0 saturated carbocycles. The molecule has 0 radical (unpaired) electrons. The molecule has 1 amide bonds. The van der Waals surface area contributed by atoms with Crippen molar-refractivity contribution in [2.24, 2.45) is 0 Å². The van der Waals surface area contributed by atoms with Crippen LogP contribution in [0.25, 0.3) is 21.5 Å². The topological polar surface area (TPSA) is 59.2 Å². The third kappa shape index (κ3) is 3.27. The lowest BCUT2D eigenvalue weighted by molar-refractivity contribution is 0.0784. The lowest BCUT2D eigenvalue weighted by Gasteiger charge is -2.16. The van der Waals surface area contributed by atoms with Gasteiger partial charge in [-0.1, -0.05) is 35.0 Å². The van der Waals surface area contributed by atoms with Gasteiger partial charge >= 0.3 is 0 Å². The molecule has 2 aromatic heterocycles. The van der Waals surface area contributed by atoms with Crippen molar-refractivity contribution in [3.8, 4) is 11.3 Å². The van der Waals surface area contributed by atoms with Crippen molar-refractivity contribution in [3.63, 3.8) is 0 Å². The maximum absolute atomic E-state index is 14.4. The van der Waals surface area contributed by atoms with E-state index in [1.165, 1.54) is 28.4 Å². The maximum atomic E-state index is 14.4. The molecule has 0 atom stereocenters.